The van der Waals surface area contributed by atoms with E-state index < -0.39 is 12.0 Å². The molecular formula is C16H31NO4. The Morgan fingerprint density at radius 1 is 0.952 bits per heavy atom. The quantitative estimate of drug-likeness (QED) is 0.431. The van der Waals surface area contributed by atoms with Crippen LogP contribution >= 0.6 is 0 Å². The zero-order chi connectivity index (χ0) is 15.9. The Kier molecular flexibility index (Phi) is 13.1. The SMILES string of the molecule is CCCCCCCCCCCC(=O)N[C@H](CCO)C(=O)O. The molecule has 5 heteroatoms. The van der Waals surface area contributed by atoms with Crippen molar-refractivity contribution in [3.05, 3.63) is 0 Å². The molecule has 0 radical (unpaired) electrons. The number of aliphatic hydroxyl groups excluding tert-OH is 1. The van der Waals surface area contributed by atoms with E-state index in [1.807, 2.05) is 0 Å². The lowest BCUT2D eigenvalue weighted by Gasteiger charge is -2.12. The van der Waals surface area contributed by atoms with Crippen molar-refractivity contribution >= 4 is 11.9 Å². The summed E-state index contributed by atoms with van der Waals surface area (Å²) in [4.78, 5) is 22.4. The number of carbonyl (C=O) groups excluding carboxylic acids is 1. The van der Waals surface area contributed by atoms with Crippen LogP contribution in [0.1, 0.15) is 77.6 Å². The number of carboxylic acid groups (broad SMARTS) is 1. The zero-order valence-corrected chi connectivity index (χ0v) is 13.3. The Balaban J connectivity index is 3.50. The van der Waals surface area contributed by atoms with Crippen LogP contribution in [0.25, 0.3) is 0 Å². The number of aliphatic carboxylic acids is 1. The van der Waals surface area contributed by atoms with E-state index in [4.69, 9.17) is 10.2 Å². The number of amides is 1. The van der Waals surface area contributed by atoms with Gasteiger partial charge in [-0.15, -0.1) is 0 Å². The first-order chi connectivity index (χ1) is 10.1. The van der Waals surface area contributed by atoms with E-state index in [0.29, 0.717) is 6.42 Å². The second-order valence-corrected chi connectivity index (χ2v) is 5.55. The van der Waals surface area contributed by atoms with Crippen LogP contribution in [0.4, 0.5) is 0 Å². The first-order valence-corrected chi connectivity index (χ1v) is 8.24. The van der Waals surface area contributed by atoms with Crippen molar-refractivity contribution in [1.29, 1.82) is 0 Å². The monoisotopic (exact) mass is 301 g/mol. The van der Waals surface area contributed by atoms with Crippen LogP contribution in [0.5, 0.6) is 0 Å². The third-order valence-electron chi connectivity index (χ3n) is 3.56. The number of hydrogen-bond donors (Lipinski definition) is 3. The molecule has 0 aliphatic heterocycles. The predicted molar refractivity (Wildman–Crippen MR) is 83.1 cm³/mol. The van der Waals surface area contributed by atoms with Gasteiger partial charge >= 0.3 is 5.97 Å². The van der Waals surface area contributed by atoms with Crippen LogP contribution in [0.3, 0.4) is 0 Å². The fourth-order valence-electron chi connectivity index (χ4n) is 2.25. The van der Waals surface area contributed by atoms with Gasteiger partial charge in [0.1, 0.15) is 6.04 Å². The lowest BCUT2D eigenvalue weighted by molar-refractivity contribution is -0.142. The normalized spacial score (nSPS) is 12.1. The molecule has 0 aliphatic carbocycles. The summed E-state index contributed by atoms with van der Waals surface area (Å²) in [5.74, 6) is -1.33. The van der Waals surface area contributed by atoms with Crippen LogP contribution in [-0.4, -0.2) is 34.7 Å². The van der Waals surface area contributed by atoms with Gasteiger partial charge in [0, 0.05) is 19.4 Å². The molecule has 0 unspecified atom stereocenters. The largest absolute Gasteiger partial charge is 0.480 e. The van der Waals surface area contributed by atoms with Gasteiger partial charge in [0.25, 0.3) is 0 Å². The average molecular weight is 301 g/mol. The van der Waals surface area contributed by atoms with E-state index in [0.717, 1.165) is 19.3 Å². The summed E-state index contributed by atoms with van der Waals surface area (Å²) in [6.45, 7) is 1.97. The highest BCUT2D eigenvalue weighted by atomic mass is 16.4. The highest BCUT2D eigenvalue weighted by Crippen LogP contribution is 2.10. The highest BCUT2D eigenvalue weighted by Gasteiger charge is 2.18. The Bertz CT molecular complexity index is 281. The van der Waals surface area contributed by atoms with E-state index in [9.17, 15) is 9.59 Å². The van der Waals surface area contributed by atoms with Gasteiger partial charge in [-0.2, -0.15) is 0 Å². The second kappa shape index (κ2) is 13.9. The van der Waals surface area contributed by atoms with E-state index >= 15 is 0 Å². The average Bonchev–Trinajstić information content (AvgIpc) is 2.45. The second-order valence-electron chi connectivity index (χ2n) is 5.55. The molecule has 0 aromatic rings. The predicted octanol–water partition coefficient (Wildman–Crippen LogP) is 2.86. The van der Waals surface area contributed by atoms with Crippen LogP contribution in [0, 0.1) is 0 Å². The Hall–Kier alpha value is -1.10. The van der Waals surface area contributed by atoms with Crippen molar-refractivity contribution < 1.29 is 19.8 Å². The number of hydrogen-bond acceptors (Lipinski definition) is 3. The van der Waals surface area contributed by atoms with Gasteiger partial charge in [-0.05, 0) is 6.42 Å². The lowest BCUT2D eigenvalue weighted by Crippen LogP contribution is -2.41. The van der Waals surface area contributed by atoms with Gasteiger partial charge in [0.15, 0.2) is 0 Å². The molecule has 124 valence electrons. The van der Waals surface area contributed by atoms with Crippen molar-refractivity contribution in [1.82, 2.24) is 5.32 Å². The molecule has 3 N–H and O–H groups in total. The van der Waals surface area contributed by atoms with Gasteiger partial charge < -0.3 is 15.5 Å². The first-order valence-electron chi connectivity index (χ1n) is 8.24. The molecule has 0 saturated carbocycles. The minimum atomic E-state index is -1.09. The zero-order valence-electron chi connectivity index (χ0n) is 13.3. The number of unbranched alkanes of at least 4 members (excludes halogenated alkanes) is 8. The van der Waals surface area contributed by atoms with Gasteiger partial charge in [-0.25, -0.2) is 4.79 Å². The number of aliphatic hydroxyl groups is 1. The Morgan fingerprint density at radius 3 is 1.95 bits per heavy atom. The summed E-state index contributed by atoms with van der Waals surface area (Å²) < 4.78 is 0. The van der Waals surface area contributed by atoms with E-state index in [2.05, 4.69) is 12.2 Å². The molecule has 0 aliphatic rings. The van der Waals surface area contributed by atoms with Crippen molar-refractivity contribution in [3.63, 3.8) is 0 Å². The molecular weight excluding hydrogens is 270 g/mol. The summed E-state index contributed by atoms with van der Waals surface area (Å²) >= 11 is 0. The van der Waals surface area contributed by atoms with E-state index in [1.54, 1.807) is 0 Å². The molecule has 1 amide bonds. The standard InChI is InChI=1S/C16H31NO4/c1-2-3-4-5-6-7-8-9-10-11-15(19)17-14(12-13-18)16(20)21/h14,18H,2-13H2,1H3,(H,17,19)(H,20,21)/t14-/m1/s1. The molecule has 0 spiro atoms. The van der Waals surface area contributed by atoms with Gasteiger partial charge in [0.05, 0.1) is 0 Å². The van der Waals surface area contributed by atoms with Crippen LogP contribution in [0.15, 0.2) is 0 Å². The maximum absolute atomic E-state index is 11.6. The maximum atomic E-state index is 11.6. The summed E-state index contributed by atoms with van der Waals surface area (Å²) in [6, 6.07) is -0.971. The molecule has 0 bridgehead atoms. The lowest BCUT2D eigenvalue weighted by atomic mass is 10.1. The Labute approximate surface area is 128 Å². The summed E-state index contributed by atoms with van der Waals surface area (Å²) in [7, 11) is 0. The molecule has 0 aromatic heterocycles. The fraction of sp³-hybridized carbons (Fsp3) is 0.875. The molecule has 5 nitrogen and oxygen atoms in total. The van der Waals surface area contributed by atoms with Gasteiger partial charge in [-0.3, -0.25) is 4.79 Å². The third-order valence-corrected chi connectivity index (χ3v) is 3.56. The number of carbonyl (C=O) groups is 2. The molecule has 1 atom stereocenters. The molecule has 0 rings (SSSR count). The highest BCUT2D eigenvalue weighted by molar-refractivity contribution is 5.83. The molecule has 0 heterocycles. The topological polar surface area (TPSA) is 86.6 Å². The minimum Gasteiger partial charge on any atom is -0.480 e. The fourth-order valence-corrected chi connectivity index (χ4v) is 2.25. The van der Waals surface area contributed by atoms with E-state index in [-0.39, 0.29) is 18.9 Å². The Morgan fingerprint density at radius 2 is 1.48 bits per heavy atom. The summed E-state index contributed by atoms with van der Waals surface area (Å²) in [5.41, 5.74) is 0. The minimum absolute atomic E-state index is 0.0544. The molecule has 0 aromatic carbocycles. The first kappa shape index (κ1) is 19.9. The number of carboxylic acids is 1. The maximum Gasteiger partial charge on any atom is 0.326 e. The van der Waals surface area contributed by atoms with Crippen molar-refractivity contribution in [2.45, 2.75) is 83.6 Å². The summed E-state index contributed by atoms with van der Waals surface area (Å²) in [6.07, 6.45) is 11.1. The molecule has 0 fully saturated rings. The number of nitrogens with one attached hydrogen (secondary N) is 1. The van der Waals surface area contributed by atoms with Crippen molar-refractivity contribution in [2.24, 2.45) is 0 Å². The van der Waals surface area contributed by atoms with Crippen LogP contribution in [0.2, 0.25) is 0 Å². The van der Waals surface area contributed by atoms with Crippen molar-refractivity contribution in [2.75, 3.05) is 6.61 Å². The third kappa shape index (κ3) is 12.4. The van der Waals surface area contributed by atoms with Gasteiger partial charge in [0.2, 0.25) is 5.91 Å². The van der Waals surface area contributed by atoms with E-state index in [1.165, 1.54) is 38.5 Å². The smallest absolute Gasteiger partial charge is 0.326 e. The summed E-state index contributed by atoms with van der Waals surface area (Å²) in [5, 5.41) is 20.0. The van der Waals surface area contributed by atoms with Crippen molar-refractivity contribution in [3.8, 4) is 0 Å². The molecule has 0 saturated heterocycles. The van der Waals surface area contributed by atoms with Crippen LogP contribution in [-0.2, 0) is 9.59 Å². The van der Waals surface area contributed by atoms with Gasteiger partial charge in [-0.1, -0.05) is 58.3 Å². The molecule has 21 heavy (non-hydrogen) atoms. The van der Waals surface area contributed by atoms with Crippen LogP contribution < -0.4 is 5.32 Å². The number of rotatable bonds is 14.